The summed E-state index contributed by atoms with van der Waals surface area (Å²) in [6, 6.07) is 8.39. The summed E-state index contributed by atoms with van der Waals surface area (Å²) in [5.74, 6) is -0.849. The Morgan fingerprint density at radius 3 is 2.76 bits per heavy atom. The van der Waals surface area contributed by atoms with Crippen molar-refractivity contribution in [2.45, 2.75) is 6.42 Å². The van der Waals surface area contributed by atoms with Gasteiger partial charge in [-0.2, -0.15) is 5.10 Å². The van der Waals surface area contributed by atoms with E-state index in [1.54, 1.807) is 35.1 Å². The maximum Gasteiger partial charge on any atom is 0.338 e. The van der Waals surface area contributed by atoms with Crippen LogP contribution in [0.25, 0.3) is 5.13 Å². The van der Waals surface area contributed by atoms with Gasteiger partial charge in [-0.15, -0.1) is 11.3 Å². The van der Waals surface area contributed by atoms with Crippen molar-refractivity contribution in [3.63, 3.8) is 0 Å². The molecule has 7 nitrogen and oxygen atoms in total. The summed E-state index contributed by atoms with van der Waals surface area (Å²) in [7, 11) is 1.29. The summed E-state index contributed by atoms with van der Waals surface area (Å²) < 4.78 is 6.40. The molecule has 1 amide bonds. The van der Waals surface area contributed by atoms with Crippen molar-refractivity contribution in [2.24, 2.45) is 0 Å². The second-order valence-electron chi connectivity index (χ2n) is 5.12. The third-order valence-electron chi connectivity index (χ3n) is 3.48. The lowest BCUT2D eigenvalue weighted by Crippen LogP contribution is -2.27. The summed E-state index contributed by atoms with van der Waals surface area (Å²) in [5, 5.41) is 9.66. The van der Waals surface area contributed by atoms with E-state index >= 15 is 0 Å². The molecule has 0 radical (unpaired) electrons. The number of nitrogens with zero attached hydrogens (tertiary/aromatic N) is 3. The van der Waals surface area contributed by atoms with E-state index in [4.69, 9.17) is 4.74 Å². The highest BCUT2D eigenvalue weighted by molar-refractivity contribution is 7.12. The second-order valence-corrected chi connectivity index (χ2v) is 5.95. The molecule has 0 fully saturated rings. The summed E-state index contributed by atoms with van der Waals surface area (Å²) >= 11 is 1.49. The van der Waals surface area contributed by atoms with Crippen molar-refractivity contribution < 1.29 is 14.3 Å². The van der Waals surface area contributed by atoms with Crippen LogP contribution in [0.1, 0.15) is 26.4 Å². The van der Waals surface area contributed by atoms with Gasteiger partial charge in [-0.25, -0.2) is 14.5 Å². The minimum Gasteiger partial charge on any atom is -0.465 e. The van der Waals surface area contributed by atoms with E-state index in [1.165, 1.54) is 18.4 Å². The first-order chi connectivity index (χ1) is 12.2. The fourth-order valence-electron chi connectivity index (χ4n) is 2.27. The van der Waals surface area contributed by atoms with Crippen LogP contribution in [-0.4, -0.2) is 40.3 Å². The zero-order chi connectivity index (χ0) is 17.6. The molecule has 128 valence electrons. The van der Waals surface area contributed by atoms with Gasteiger partial charge in [-0.1, -0.05) is 12.1 Å². The fraction of sp³-hybridized carbons (Fsp3) is 0.176. The maximum atomic E-state index is 12.3. The first-order valence-corrected chi connectivity index (χ1v) is 8.47. The third-order valence-corrected chi connectivity index (χ3v) is 4.36. The Hall–Kier alpha value is -3.00. The molecule has 0 atom stereocenters. The maximum absolute atomic E-state index is 12.3. The van der Waals surface area contributed by atoms with Crippen LogP contribution in [-0.2, 0) is 11.2 Å². The van der Waals surface area contributed by atoms with Crippen molar-refractivity contribution in [3.05, 3.63) is 64.9 Å². The first-order valence-electron chi connectivity index (χ1n) is 7.59. The normalized spacial score (nSPS) is 10.4. The van der Waals surface area contributed by atoms with Crippen LogP contribution in [0.15, 0.2) is 48.1 Å². The van der Waals surface area contributed by atoms with Crippen LogP contribution in [0.3, 0.4) is 0 Å². The Balaban J connectivity index is 1.59. The molecule has 3 rings (SSSR count). The molecule has 1 aromatic carbocycles. The van der Waals surface area contributed by atoms with Crippen molar-refractivity contribution in [1.82, 2.24) is 20.1 Å². The Labute approximate surface area is 148 Å². The van der Waals surface area contributed by atoms with Gasteiger partial charge in [-0.3, -0.25) is 4.79 Å². The molecular formula is C17H16N4O3S. The van der Waals surface area contributed by atoms with Gasteiger partial charge in [0.2, 0.25) is 5.13 Å². The number of amides is 1. The average molecular weight is 356 g/mol. The summed E-state index contributed by atoms with van der Waals surface area (Å²) in [4.78, 5) is 28.5. The molecule has 0 aliphatic rings. The minimum atomic E-state index is -0.533. The van der Waals surface area contributed by atoms with Crippen LogP contribution >= 0.6 is 11.3 Å². The van der Waals surface area contributed by atoms with Crippen molar-refractivity contribution >= 4 is 23.2 Å². The SMILES string of the molecule is COC(=O)c1ccccc1C(=O)NCCc1csc(-n2cccn2)n1. The van der Waals surface area contributed by atoms with Crippen molar-refractivity contribution in [3.8, 4) is 5.13 Å². The summed E-state index contributed by atoms with van der Waals surface area (Å²) in [6.07, 6.45) is 4.11. The number of hydrogen-bond acceptors (Lipinski definition) is 6. The van der Waals surface area contributed by atoms with E-state index in [0.29, 0.717) is 18.5 Å². The first kappa shape index (κ1) is 16.8. The Kier molecular flexibility index (Phi) is 5.20. The molecule has 8 heteroatoms. The molecule has 0 bridgehead atoms. The summed E-state index contributed by atoms with van der Waals surface area (Å²) in [5.41, 5.74) is 1.42. The van der Waals surface area contributed by atoms with Crippen LogP contribution in [0, 0.1) is 0 Å². The smallest absolute Gasteiger partial charge is 0.338 e. The average Bonchev–Trinajstić information content (AvgIpc) is 3.32. The molecule has 0 spiro atoms. The molecule has 25 heavy (non-hydrogen) atoms. The number of thiazole rings is 1. The lowest BCUT2D eigenvalue weighted by molar-refractivity contribution is 0.0596. The van der Waals surface area contributed by atoms with Crippen LogP contribution in [0.4, 0.5) is 0 Å². The number of hydrogen-bond donors (Lipinski definition) is 1. The molecule has 0 aliphatic heterocycles. The topological polar surface area (TPSA) is 86.1 Å². The second kappa shape index (κ2) is 7.71. The number of methoxy groups -OCH3 is 1. The number of rotatable bonds is 6. The fourth-order valence-corrected chi connectivity index (χ4v) is 3.06. The van der Waals surface area contributed by atoms with E-state index < -0.39 is 5.97 Å². The molecule has 0 unspecified atom stereocenters. The standard InChI is InChI=1S/C17H16N4O3S/c1-24-16(23)14-6-3-2-5-13(14)15(22)18-9-7-12-11-25-17(20-12)21-10-4-8-19-21/h2-6,8,10-11H,7,9H2,1H3,(H,18,22). The van der Waals surface area contributed by atoms with E-state index in [9.17, 15) is 9.59 Å². The number of benzene rings is 1. The largest absolute Gasteiger partial charge is 0.465 e. The highest BCUT2D eigenvalue weighted by atomic mass is 32.1. The predicted octanol–water partition coefficient (Wildman–Crippen LogP) is 2.09. The van der Waals surface area contributed by atoms with E-state index in [-0.39, 0.29) is 11.5 Å². The Morgan fingerprint density at radius 1 is 1.24 bits per heavy atom. The third kappa shape index (κ3) is 3.92. The number of carbonyl (C=O) groups is 2. The van der Waals surface area contributed by atoms with E-state index in [0.717, 1.165) is 10.8 Å². The van der Waals surface area contributed by atoms with Crippen LogP contribution in [0.2, 0.25) is 0 Å². The van der Waals surface area contributed by atoms with Crippen LogP contribution in [0.5, 0.6) is 0 Å². The molecule has 2 aromatic heterocycles. The number of nitrogens with one attached hydrogen (secondary N) is 1. The number of ether oxygens (including phenoxy) is 1. The molecule has 0 saturated heterocycles. The molecule has 0 saturated carbocycles. The monoisotopic (exact) mass is 356 g/mol. The number of carbonyl (C=O) groups excluding carboxylic acids is 2. The van der Waals surface area contributed by atoms with Crippen molar-refractivity contribution in [1.29, 1.82) is 0 Å². The van der Waals surface area contributed by atoms with E-state index in [2.05, 4.69) is 15.4 Å². The zero-order valence-electron chi connectivity index (χ0n) is 13.5. The summed E-state index contributed by atoms with van der Waals surface area (Å²) in [6.45, 7) is 0.413. The molecule has 0 aliphatic carbocycles. The van der Waals surface area contributed by atoms with Gasteiger partial charge in [0.25, 0.3) is 5.91 Å². The Morgan fingerprint density at radius 2 is 2.04 bits per heavy atom. The highest BCUT2D eigenvalue weighted by Gasteiger charge is 2.16. The lowest BCUT2D eigenvalue weighted by Gasteiger charge is -2.08. The van der Waals surface area contributed by atoms with Gasteiger partial charge in [0.15, 0.2) is 0 Å². The number of aromatic nitrogens is 3. The van der Waals surface area contributed by atoms with Gasteiger partial charge in [0.1, 0.15) is 0 Å². The molecule has 2 heterocycles. The minimum absolute atomic E-state index is 0.247. The lowest BCUT2D eigenvalue weighted by atomic mass is 10.1. The molecule has 1 N–H and O–H groups in total. The predicted molar refractivity (Wildman–Crippen MR) is 93.1 cm³/mol. The molecule has 3 aromatic rings. The van der Waals surface area contributed by atoms with Gasteiger partial charge in [0.05, 0.1) is 23.9 Å². The Bertz CT molecular complexity index is 874. The van der Waals surface area contributed by atoms with Crippen LogP contribution < -0.4 is 5.32 Å². The van der Waals surface area contributed by atoms with Gasteiger partial charge < -0.3 is 10.1 Å². The zero-order valence-corrected chi connectivity index (χ0v) is 14.3. The van der Waals surface area contributed by atoms with E-state index in [1.807, 2.05) is 17.6 Å². The van der Waals surface area contributed by atoms with Gasteiger partial charge in [0, 0.05) is 30.7 Å². The van der Waals surface area contributed by atoms with Crippen molar-refractivity contribution in [2.75, 3.05) is 13.7 Å². The quantitative estimate of drug-likeness (QED) is 0.684. The van der Waals surface area contributed by atoms with Gasteiger partial charge in [-0.05, 0) is 18.2 Å². The molecular weight excluding hydrogens is 340 g/mol. The highest BCUT2D eigenvalue weighted by Crippen LogP contribution is 2.14. The van der Waals surface area contributed by atoms with Gasteiger partial charge >= 0.3 is 5.97 Å². The number of esters is 1.